The van der Waals surface area contributed by atoms with Crippen molar-refractivity contribution in [1.82, 2.24) is 14.9 Å². The van der Waals surface area contributed by atoms with Gasteiger partial charge in [-0.1, -0.05) is 23.9 Å². The van der Waals surface area contributed by atoms with Crippen molar-refractivity contribution in [2.24, 2.45) is 0 Å². The van der Waals surface area contributed by atoms with Gasteiger partial charge in [0, 0.05) is 18.5 Å². The summed E-state index contributed by atoms with van der Waals surface area (Å²) in [5.41, 5.74) is 1.71. The Balaban J connectivity index is 1.84. The Morgan fingerprint density at radius 1 is 1.37 bits per heavy atom. The quantitative estimate of drug-likeness (QED) is 0.454. The van der Waals surface area contributed by atoms with Crippen LogP contribution >= 0.6 is 23.1 Å². The topological polar surface area (TPSA) is 69.9 Å². The second-order valence-electron chi connectivity index (χ2n) is 5.94. The summed E-state index contributed by atoms with van der Waals surface area (Å²) in [4.78, 5) is 23.7. The fourth-order valence-corrected chi connectivity index (χ4v) is 4.73. The van der Waals surface area contributed by atoms with Crippen LogP contribution in [-0.4, -0.2) is 39.6 Å². The van der Waals surface area contributed by atoms with Crippen molar-refractivity contribution in [3.8, 4) is 16.5 Å². The van der Waals surface area contributed by atoms with Crippen molar-refractivity contribution in [2.75, 3.05) is 13.6 Å². The standard InChI is InChI=1S/C19H17FN4OS2/c1-12(19(25)24(2)9-3-8-21)26-18-17-15(22-11-23-18)10-16(27-17)13-4-6-14(20)7-5-13/h4-7,10-12H,3,9H2,1-2H3/t12-/m1/s1. The van der Waals surface area contributed by atoms with Crippen molar-refractivity contribution in [3.63, 3.8) is 0 Å². The predicted molar refractivity (Wildman–Crippen MR) is 106 cm³/mol. The number of carbonyl (C=O) groups excluding carboxylic acids is 1. The first-order valence-electron chi connectivity index (χ1n) is 8.28. The minimum absolute atomic E-state index is 0.0441. The summed E-state index contributed by atoms with van der Waals surface area (Å²) in [5, 5.41) is 9.08. The number of halogens is 1. The molecule has 1 aromatic carbocycles. The van der Waals surface area contributed by atoms with Crippen molar-refractivity contribution < 1.29 is 9.18 Å². The van der Waals surface area contributed by atoms with Crippen LogP contribution in [0.25, 0.3) is 20.7 Å². The van der Waals surface area contributed by atoms with E-state index in [1.807, 2.05) is 19.1 Å². The first-order chi connectivity index (χ1) is 13.0. The Labute approximate surface area is 164 Å². The Morgan fingerprint density at radius 3 is 2.81 bits per heavy atom. The van der Waals surface area contributed by atoms with E-state index in [9.17, 15) is 9.18 Å². The molecule has 2 heterocycles. The third-order valence-corrected chi connectivity index (χ3v) is 6.38. The van der Waals surface area contributed by atoms with Gasteiger partial charge in [0.2, 0.25) is 5.91 Å². The predicted octanol–water partition coefficient (Wildman–Crippen LogP) is 4.35. The van der Waals surface area contributed by atoms with E-state index in [0.29, 0.717) is 13.0 Å². The number of thioether (sulfide) groups is 1. The maximum atomic E-state index is 13.2. The maximum Gasteiger partial charge on any atom is 0.235 e. The van der Waals surface area contributed by atoms with E-state index in [1.165, 1.54) is 41.6 Å². The summed E-state index contributed by atoms with van der Waals surface area (Å²) in [7, 11) is 1.70. The van der Waals surface area contributed by atoms with Crippen LogP contribution in [0.15, 0.2) is 41.7 Å². The van der Waals surface area contributed by atoms with Gasteiger partial charge in [0.25, 0.3) is 0 Å². The van der Waals surface area contributed by atoms with Gasteiger partial charge in [-0.3, -0.25) is 4.79 Å². The van der Waals surface area contributed by atoms with Crippen LogP contribution in [0.4, 0.5) is 4.39 Å². The number of benzene rings is 1. The minimum Gasteiger partial charge on any atom is -0.344 e. The molecular formula is C19H17FN4OS2. The zero-order valence-electron chi connectivity index (χ0n) is 14.8. The zero-order valence-corrected chi connectivity index (χ0v) is 16.5. The summed E-state index contributed by atoms with van der Waals surface area (Å²) in [6.07, 6.45) is 1.80. The number of hydrogen-bond acceptors (Lipinski definition) is 6. The van der Waals surface area contributed by atoms with Gasteiger partial charge in [-0.2, -0.15) is 5.26 Å². The lowest BCUT2D eigenvalue weighted by molar-refractivity contribution is -0.128. The van der Waals surface area contributed by atoms with Gasteiger partial charge in [0.05, 0.1) is 28.0 Å². The molecule has 1 atom stereocenters. The molecule has 8 heteroatoms. The molecule has 0 saturated heterocycles. The number of nitrogens with zero attached hydrogens (tertiary/aromatic N) is 4. The number of rotatable bonds is 6. The lowest BCUT2D eigenvalue weighted by atomic mass is 10.2. The second kappa shape index (κ2) is 8.46. The first-order valence-corrected chi connectivity index (χ1v) is 9.98. The third kappa shape index (κ3) is 4.43. The van der Waals surface area contributed by atoms with E-state index in [-0.39, 0.29) is 17.0 Å². The van der Waals surface area contributed by atoms with Crippen LogP contribution in [-0.2, 0) is 4.79 Å². The van der Waals surface area contributed by atoms with Gasteiger partial charge < -0.3 is 4.90 Å². The SMILES string of the molecule is C[C@@H](Sc1ncnc2cc(-c3ccc(F)cc3)sc12)C(=O)N(C)CCC#N. The molecule has 138 valence electrons. The number of aromatic nitrogens is 2. The molecule has 3 rings (SSSR count). The van der Waals surface area contributed by atoms with E-state index < -0.39 is 0 Å². The van der Waals surface area contributed by atoms with Crippen molar-refractivity contribution in [3.05, 3.63) is 42.5 Å². The van der Waals surface area contributed by atoms with Crippen LogP contribution in [0.2, 0.25) is 0 Å². The van der Waals surface area contributed by atoms with Crippen molar-refractivity contribution >= 4 is 39.2 Å². The summed E-state index contributed by atoms with van der Waals surface area (Å²) in [5.74, 6) is -0.318. The smallest absolute Gasteiger partial charge is 0.235 e. The average molecular weight is 401 g/mol. The van der Waals surface area contributed by atoms with Gasteiger partial charge in [-0.15, -0.1) is 11.3 Å². The molecule has 0 N–H and O–H groups in total. The molecule has 0 spiro atoms. The van der Waals surface area contributed by atoms with Crippen molar-refractivity contribution in [2.45, 2.75) is 23.6 Å². The van der Waals surface area contributed by atoms with Crippen LogP contribution in [0.5, 0.6) is 0 Å². The van der Waals surface area contributed by atoms with Gasteiger partial charge in [0.15, 0.2) is 0 Å². The van der Waals surface area contributed by atoms with E-state index >= 15 is 0 Å². The Morgan fingerprint density at radius 2 is 2.11 bits per heavy atom. The Bertz CT molecular complexity index is 997. The molecule has 0 aliphatic carbocycles. The van der Waals surface area contributed by atoms with Crippen LogP contribution < -0.4 is 0 Å². The fraction of sp³-hybridized carbons (Fsp3) is 0.263. The van der Waals surface area contributed by atoms with Crippen LogP contribution in [0.1, 0.15) is 13.3 Å². The van der Waals surface area contributed by atoms with Gasteiger partial charge in [0.1, 0.15) is 17.2 Å². The molecule has 2 aromatic heterocycles. The highest BCUT2D eigenvalue weighted by Crippen LogP contribution is 2.38. The molecule has 27 heavy (non-hydrogen) atoms. The molecule has 1 amide bonds. The summed E-state index contributed by atoms with van der Waals surface area (Å²) in [6, 6.07) is 10.3. The summed E-state index contributed by atoms with van der Waals surface area (Å²) >= 11 is 2.90. The van der Waals surface area contributed by atoms with Crippen LogP contribution in [0, 0.1) is 17.1 Å². The normalized spacial score (nSPS) is 11.9. The average Bonchev–Trinajstić information content (AvgIpc) is 3.11. The monoisotopic (exact) mass is 400 g/mol. The largest absolute Gasteiger partial charge is 0.344 e. The van der Waals surface area contributed by atoms with Crippen LogP contribution in [0.3, 0.4) is 0 Å². The summed E-state index contributed by atoms with van der Waals surface area (Å²) in [6.45, 7) is 2.24. The number of carbonyl (C=O) groups is 1. The number of nitriles is 1. The van der Waals surface area contributed by atoms with Crippen molar-refractivity contribution in [1.29, 1.82) is 5.26 Å². The van der Waals surface area contributed by atoms with Gasteiger partial charge >= 0.3 is 0 Å². The van der Waals surface area contributed by atoms with E-state index in [4.69, 9.17) is 5.26 Å². The molecule has 5 nitrogen and oxygen atoms in total. The summed E-state index contributed by atoms with van der Waals surface area (Å²) < 4.78 is 14.1. The minimum atomic E-state index is -0.330. The zero-order chi connectivity index (χ0) is 19.4. The lowest BCUT2D eigenvalue weighted by Crippen LogP contribution is -2.33. The Kier molecular flexibility index (Phi) is 6.04. The van der Waals surface area contributed by atoms with Gasteiger partial charge in [-0.25, -0.2) is 14.4 Å². The molecule has 0 aliphatic heterocycles. The van der Waals surface area contributed by atoms with E-state index in [1.54, 1.807) is 24.1 Å². The second-order valence-corrected chi connectivity index (χ2v) is 8.32. The molecule has 0 unspecified atom stereocenters. The van der Waals surface area contributed by atoms with E-state index in [2.05, 4.69) is 9.97 Å². The van der Waals surface area contributed by atoms with Gasteiger partial charge in [-0.05, 0) is 30.7 Å². The maximum absolute atomic E-state index is 13.2. The molecule has 0 aliphatic rings. The lowest BCUT2D eigenvalue weighted by Gasteiger charge is -2.19. The number of fused-ring (bicyclic) bond motifs is 1. The molecular weight excluding hydrogens is 383 g/mol. The number of amides is 1. The fourth-order valence-electron chi connectivity index (χ4n) is 2.53. The number of thiophene rings is 1. The molecule has 0 radical (unpaired) electrons. The molecule has 0 fully saturated rings. The third-order valence-electron chi connectivity index (χ3n) is 3.98. The van der Waals surface area contributed by atoms with E-state index in [0.717, 1.165) is 25.7 Å². The highest BCUT2D eigenvalue weighted by atomic mass is 32.2. The first kappa shape index (κ1) is 19.3. The molecule has 0 saturated carbocycles. The molecule has 3 aromatic rings. The highest BCUT2D eigenvalue weighted by molar-refractivity contribution is 8.00. The Hall–Kier alpha value is -2.50. The number of hydrogen-bond donors (Lipinski definition) is 0. The molecule has 0 bridgehead atoms. The highest BCUT2D eigenvalue weighted by Gasteiger charge is 2.21.